The number of allylic oxidation sites excluding steroid dienone is 2. The third-order valence-corrected chi connectivity index (χ3v) is 5.63. The quantitative estimate of drug-likeness (QED) is 0.645. The summed E-state index contributed by atoms with van der Waals surface area (Å²) < 4.78 is 2.19. The minimum absolute atomic E-state index is 0.0130. The van der Waals surface area contributed by atoms with E-state index in [-0.39, 0.29) is 5.91 Å². The molecule has 1 atom stereocenters. The van der Waals surface area contributed by atoms with Crippen LogP contribution in [-0.4, -0.2) is 45.2 Å². The molecule has 0 saturated carbocycles. The zero-order chi connectivity index (χ0) is 21.3. The maximum absolute atomic E-state index is 12.3. The Morgan fingerprint density at radius 3 is 2.73 bits per heavy atom. The fourth-order valence-electron chi connectivity index (χ4n) is 3.95. The Kier molecular flexibility index (Phi) is 8.20. The highest BCUT2D eigenvalue weighted by molar-refractivity contribution is 5.78. The summed E-state index contributed by atoms with van der Waals surface area (Å²) in [4.78, 5) is 14.8. The van der Waals surface area contributed by atoms with Gasteiger partial charge in [0.15, 0.2) is 5.82 Å². The third kappa shape index (κ3) is 6.80. The van der Waals surface area contributed by atoms with Crippen LogP contribution in [0.4, 0.5) is 0 Å². The molecular weight excluding hydrogens is 374 g/mol. The van der Waals surface area contributed by atoms with Crippen LogP contribution in [0.3, 0.4) is 0 Å². The van der Waals surface area contributed by atoms with E-state index in [1.165, 1.54) is 12.0 Å². The molecule has 1 aromatic carbocycles. The van der Waals surface area contributed by atoms with Crippen LogP contribution in [0.25, 0.3) is 0 Å². The molecule has 0 radical (unpaired) electrons. The number of nitrogens with one attached hydrogen (secondary N) is 1. The Bertz CT molecular complexity index is 839. The van der Waals surface area contributed by atoms with Crippen molar-refractivity contribution in [2.75, 3.05) is 19.6 Å². The number of carbonyl (C=O) groups is 1. The van der Waals surface area contributed by atoms with E-state index in [0.29, 0.717) is 18.9 Å². The van der Waals surface area contributed by atoms with Crippen LogP contribution in [0, 0.1) is 5.92 Å². The lowest BCUT2D eigenvalue weighted by molar-refractivity contribution is -0.120. The molecule has 0 aliphatic carbocycles. The second-order valence-corrected chi connectivity index (χ2v) is 8.64. The van der Waals surface area contributed by atoms with Gasteiger partial charge in [0.25, 0.3) is 0 Å². The van der Waals surface area contributed by atoms with Crippen molar-refractivity contribution in [2.45, 2.75) is 59.5 Å². The molecule has 1 N–H and O–H groups in total. The number of amides is 1. The average Bonchev–Trinajstić information content (AvgIpc) is 2.99. The van der Waals surface area contributed by atoms with Gasteiger partial charge in [0.2, 0.25) is 5.91 Å². The summed E-state index contributed by atoms with van der Waals surface area (Å²) >= 11 is 0. The molecule has 162 valence electrons. The number of carbonyl (C=O) groups excluding carboxylic acids is 1. The predicted octanol–water partition coefficient (Wildman–Crippen LogP) is 3.38. The van der Waals surface area contributed by atoms with Gasteiger partial charge in [-0.1, -0.05) is 48.9 Å². The van der Waals surface area contributed by atoms with Crippen LogP contribution in [0.15, 0.2) is 42.0 Å². The first-order valence-electron chi connectivity index (χ1n) is 11.1. The first-order chi connectivity index (χ1) is 14.5. The summed E-state index contributed by atoms with van der Waals surface area (Å²) in [5.41, 5.74) is 2.42. The molecule has 2 heterocycles. The summed E-state index contributed by atoms with van der Waals surface area (Å²) in [6.07, 6.45) is 6.02. The Balaban J connectivity index is 1.47. The van der Waals surface area contributed by atoms with Gasteiger partial charge in [-0.25, -0.2) is 0 Å². The van der Waals surface area contributed by atoms with Crippen LogP contribution in [0.5, 0.6) is 0 Å². The zero-order valence-corrected chi connectivity index (χ0v) is 18.6. The topological polar surface area (TPSA) is 63.1 Å². The number of aromatic nitrogens is 3. The van der Waals surface area contributed by atoms with Crippen LogP contribution in [-0.2, 0) is 30.7 Å². The normalized spacial score (nSPS) is 15.2. The van der Waals surface area contributed by atoms with E-state index in [9.17, 15) is 4.79 Å². The highest BCUT2D eigenvalue weighted by Crippen LogP contribution is 2.14. The minimum Gasteiger partial charge on any atom is -0.349 e. The fourth-order valence-corrected chi connectivity index (χ4v) is 3.95. The Morgan fingerprint density at radius 1 is 1.17 bits per heavy atom. The van der Waals surface area contributed by atoms with Gasteiger partial charge in [-0.3, -0.25) is 4.79 Å². The first kappa shape index (κ1) is 22.2. The summed E-state index contributed by atoms with van der Waals surface area (Å²) in [6, 6.07) is 9.81. The van der Waals surface area contributed by atoms with Crippen LogP contribution in [0.1, 0.15) is 50.8 Å². The summed E-state index contributed by atoms with van der Waals surface area (Å²) in [6.45, 7) is 11.1. The average molecular weight is 410 g/mol. The van der Waals surface area contributed by atoms with E-state index in [4.69, 9.17) is 0 Å². The van der Waals surface area contributed by atoms with E-state index in [2.05, 4.69) is 51.8 Å². The number of nitrogens with zero attached hydrogens (tertiary/aromatic N) is 4. The molecule has 30 heavy (non-hydrogen) atoms. The molecule has 1 unspecified atom stereocenters. The van der Waals surface area contributed by atoms with Crippen LogP contribution >= 0.6 is 0 Å². The second-order valence-electron chi connectivity index (χ2n) is 8.64. The maximum atomic E-state index is 12.3. The second kappa shape index (κ2) is 11.1. The highest BCUT2D eigenvalue weighted by Gasteiger charge is 2.20. The molecule has 0 fully saturated rings. The molecule has 1 amide bonds. The van der Waals surface area contributed by atoms with Gasteiger partial charge in [0.05, 0.1) is 13.0 Å². The van der Waals surface area contributed by atoms with Gasteiger partial charge >= 0.3 is 0 Å². The standard InChI is InChI=1S/C24H35N5O/c1-19(2)8-7-9-20(3)18-28-13-12-22-26-27-23(29(22)15-14-28)17-25-24(30)16-21-10-5-4-6-11-21/h4-6,8,10-11,20H,7,9,12-18H2,1-3H3,(H,25,30). The van der Waals surface area contributed by atoms with Crippen LogP contribution in [0.2, 0.25) is 0 Å². The van der Waals surface area contributed by atoms with E-state index in [1.54, 1.807) is 0 Å². The molecule has 2 aromatic rings. The molecule has 0 bridgehead atoms. The smallest absolute Gasteiger partial charge is 0.224 e. The minimum atomic E-state index is 0.0130. The molecule has 1 aliphatic rings. The Morgan fingerprint density at radius 2 is 1.97 bits per heavy atom. The Hall–Kier alpha value is -2.47. The monoisotopic (exact) mass is 409 g/mol. The van der Waals surface area contributed by atoms with E-state index < -0.39 is 0 Å². The maximum Gasteiger partial charge on any atom is 0.224 e. The van der Waals surface area contributed by atoms with E-state index in [0.717, 1.165) is 56.2 Å². The number of hydrogen-bond donors (Lipinski definition) is 1. The number of fused-ring (bicyclic) bond motifs is 1. The van der Waals surface area contributed by atoms with E-state index >= 15 is 0 Å². The summed E-state index contributed by atoms with van der Waals surface area (Å²) in [5, 5.41) is 11.7. The van der Waals surface area contributed by atoms with Crippen LogP contribution < -0.4 is 5.32 Å². The van der Waals surface area contributed by atoms with E-state index in [1.807, 2.05) is 30.3 Å². The summed E-state index contributed by atoms with van der Waals surface area (Å²) in [7, 11) is 0. The number of rotatable bonds is 9. The molecule has 0 saturated heterocycles. The number of benzene rings is 1. The molecule has 1 aliphatic heterocycles. The van der Waals surface area contributed by atoms with Gasteiger partial charge in [-0.2, -0.15) is 0 Å². The van der Waals surface area contributed by atoms with Crippen molar-refractivity contribution in [3.8, 4) is 0 Å². The highest BCUT2D eigenvalue weighted by atomic mass is 16.1. The Labute approximate surface area is 180 Å². The molecule has 0 spiro atoms. The lowest BCUT2D eigenvalue weighted by Crippen LogP contribution is -2.32. The lowest BCUT2D eigenvalue weighted by Gasteiger charge is -2.23. The zero-order valence-electron chi connectivity index (χ0n) is 18.6. The van der Waals surface area contributed by atoms with Gasteiger partial charge < -0.3 is 14.8 Å². The van der Waals surface area contributed by atoms with Crippen molar-refractivity contribution in [2.24, 2.45) is 5.92 Å². The largest absolute Gasteiger partial charge is 0.349 e. The lowest BCUT2D eigenvalue weighted by atomic mass is 10.0. The van der Waals surface area contributed by atoms with Gasteiger partial charge in [-0.15, -0.1) is 10.2 Å². The molecule has 3 rings (SSSR count). The van der Waals surface area contributed by atoms with Crippen molar-refractivity contribution in [3.05, 3.63) is 59.2 Å². The first-order valence-corrected chi connectivity index (χ1v) is 11.1. The SMILES string of the molecule is CC(C)=CCCC(C)CN1CCc2nnc(CNC(=O)Cc3ccccc3)n2CC1. The van der Waals surface area contributed by atoms with Crippen molar-refractivity contribution >= 4 is 5.91 Å². The molecule has 6 heteroatoms. The predicted molar refractivity (Wildman–Crippen MR) is 120 cm³/mol. The molecule has 6 nitrogen and oxygen atoms in total. The van der Waals surface area contributed by atoms with Gasteiger partial charge in [-0.05, 0) is 38.2 Å². The molecule has 1 aromatic heterocycles. The van der Waals surface area contributed by atoms with Gasteiger partial charge in [0, 0.05) is 32.6 Å². The van der Waals surface area contributed by atoms with Crippen molar-refractivity contribution in [1.82, 2.24) is 25.0 Å². The number of hydrogen-bond acceptors (Lipinski definition) is 4. The summed E-state index contributed by atoms with van der Waals surface area (Å²) in [5.74, 6) is 2.58. The fraction of sp³-hybridized carbons (Fsp3) is 0.542. The van der Waals surface area contributed by atoms with Crippen molar-refractivity contribution in [3.63, 3.8) is 0 Å². The van der Waals surface area contributed by atoms with Crippen molar-refractivity contribution in [1.29, 1.82) is 0 Å². The van der Waals surface area contributed by atoms with Gasteiger partial charge in [0.1, 0.15) is 5.82 Å². The third-order valence-electron chi connectivity index (χ3n) is 5.63. The molecular formula is C24H35N5O. The van der Waals surface area contributed by atoms with Crippen molar-refractivity contribution < 1.29 is 4.79 Å².